The fraction of sp³-hybridized carbons (Fsp3) is 0.348. The number of alkyl halides is 1. The molecule has 4 nitrogen and oxygen atoms in total. The van der Waals surface area contributed by atoms with E-state index < -0.39 is 0 Å². The molecule has 0 saturated carbocycles. The zero-order valence-corrected chi connectivity index (χ0v) is 19.1. The van der Waals surface area contributed by atoms with Crippen LogP contribution in [0.5, 0.6) is 0 Å². The second kappa shape index (κ2) is 11.9. The number of benzene rings is 2. The van der Waals surface area contributed by atoms with Crippen molar-refractivity contribution in [1.29, 1.82) is 0 Å². The van der Waals surface area contributed by atoms with Crippen LogP contribution >= 0.6 is 22.6 Å². The molecule has 2 aromatic carbocycles. The lowest BCUT2D eigenvalue weighted by Crippen LogP contribution is -2.28. The Morgan fingerprint density at radius 1 is 1.00 bits per heavy atom. The third kappa shape index (κ3) is 5.82. The van der Waals surface area contributed by atoms with Crippen LogP contribution < -0.4 is 0 Å². The summed E-state index contributed by atoms with van der Waals surface area (Å²) in [5.74, 6) is -0.260. The summed E-state index contributed by atoms with van der Waals surface area (Å²) in [5.41, 5.74) is 2.81. The van der Waals surface area contributed by atoms with Gasteiger partial charge in [-0.05, 0) is 35.7 Å². The first kappa shape index (κ1) is 22.4. The first-order chi connectivity index (χ1) is 13.7. The molecule has 3 aromatic rings. The number of likely N-dealkylation sites (N-methyl/N-ethyl adjacent to an activating group) is 1. The van der Waals surface area contributed by atoms with Gasteiger partial charge in [-0.15, -0.1) is 0 Å². The average Bonchev–Trinajstić information content (AvgIpc) is 3.12. The van der Waals surface area contributed by atoms with Crippen molar-refractivity contribution in [1.82, 2.24) is 9.47 Å². The molecule has 0 aliphatic heterocycles. The highest BCUT2D eigenvalue weighted by Gasteiger charge is 2.17. The molecule has 0 bridgehead atoms. The van der Waals surface area contributed by atoms with Gasteiger partial charge in [0, 0.05) is 24.0 Å². The number of carbonyl (C=O) groups is 1. The fourth-order valence-corrected chi connectivity index (χ4v) is 3.20. The van der Waals surface area contributed by atoms with Crippen molar-refractivity contribution in [3.05, 3.63) is 71.9 Å². The van der Waals surface area contributed by atoms with Gasteiger partial charge in [0.1, 0.15) is 12.3 Å². The Hall–Kier alpha value is -1.86. The van der Waals surface area contributed by atoms with Crippen molar-refractivity contribution in [2.45, 2.75) is 20.4 Å². The third-order valence-electron chi connectivity index (χ3n) is 4.74. The van der Waals surface area contributed by atoms with Gasteiger partial charge in [-0.25, -0.2) is 4.79 Å². The van der Waals surface area contributed by atoms with Gasteiger partial charge in [0.05, 0.1) is 0 Å². The van der Waals surface area contributed by atoms with Gasteiger partial charge < -0.3 is 14.2 Å². The number of fused-ring (bicyclic) bond motifs is 1. The monoisotopic (exact) mass is 492 g/mol. The molecule has 28 heavy (non-hydrogen) atoms. The van der Waals surface area contributed by atoms with Crippen molar-refractivity contribution < 1.29 is 9.53 Å². The van der Waals surface area contributed by atoms with Crippen LogP contribution in [0, 0.1) is 0 Å². The van der Waals surface area contributed by atoms with Crippen LogP contribution in [0.2, 0.25) is 0 Å². The molecule has 0 atom stereocenters. The van der Waals surface area contributed by atoms with E-state index in [1.165, 1.54) is 0 Å². The molecule has 0 aliphatic carbocycles. The normalized spacial score (nSPS) is 10.6. The molecule has 150 valence electrons. The van der Waals surface area contributed by atoms with Crippen LogP contribution in [0.3, 0.4) is 0 Å². The smallest absolute Gasteiger partial charge is 0.355 e. The van der Waals surface area contributed by atoms with Crippen molar-refractivity contribution in [2.24, 2.45) is 0 Å². The predicted octanol–water partition coefficient (Wildman–Crippen LogP) is 5.24. The van der Waals surface area contributed by atoms with Crippen LogP contribution in [0.1, 0.15) is 29.9 Å². The topological polar surface area (TPSA) is 34.5 Å². The summed E-state index contributed by atoms with van der Waals surface area (Å²) < 4.78 is 7.61. The number of rotatable bonds is 8. The number of halogens is 1. The lowest BCUT2D eigenvalue weighted by molar-refractivity contribution is 0.0455. The molecule has 0 fully saturated rings. The van der Waals surface area contributed by atoms with Crippen LogP contribution in [0.25, 0.3) is 10.9 Å². The van der Waals surface area contributed by atoms with Crippen LogP contribution in [-0.4, -0.2) is 46.6 Å². The second-order valence-corrected chi connectivity index (χ2v) is 6.32. The number of hydrogen-bond acceptors (Lipinski definition) is 3. The molecular weight excluding hydrogens is 463 g/mol. The minimum absolute atomic E-state index is 0.260. The Labute approximate surface area is 181 Å². The fourth-order valence-electron chi connectivity index (χ4n) is 3.20. The Morgan fingerprint density at radius 2 is 1.64 bits per heavy atom. The summed E-state index contributed by atoms with van der Waals surface area (Å²) in [6.45, 7) is 7.97. The predicted molar refractivity (Wildman–Crippen MR) is 125 cm³/mol. The van der Waals surface area contributed by atoms with Gasteiger partial charge in [0.2, 0.25) is 0 Å². The molecule has 0 N–H and O–H groups in total. The van der Waals surface area contributed by atoms with Crippen molar-refractivity contribution in [3.8, 4) is 0 Å². The number of hydrogen-bond donors (Lipinski definition) is 0. The van der Waals surface area contributed by atoms with E-state index >= 15 is 0 Å². The molecule has 0 unspecified atom stereocenters. The molecule has 0 saturated heterocycles. The minimum Gasteiger partial charge on any atom is -0.460 e. The number of esters is 1. The summed E-state index contributed by atoms with van der Waals surface area (Å²) >= 11 is 2.15. The van der Waals surface area contributed by atoms with Gasteiger partial charge in [0.25, 0.3) is 0 Å². The maximum absolute atomic E-state index is 12.7. The Bertz CT molecular complexity index is 857. The lowest BCUT2D eigenvalue weighted by atomic mass is 10.2. The second-order valence-electron chi connectivity index (χ2n) is 6.32. The molecule has 1 heterocycles. The minimum atomic E-state index is -0.260. The van der Waals surface area contributed by atoms with E-state index in [0.29, 0.717) is 18.8 Å². The first-order valence-electron chi connectivity index (χ1n) is 9.62. The Balaban J connectivity index is 0.00000136. The number of aromatic nitrogens is 1. The number of para-hydroxylation sites is 1. The Kier molecular flexibility index (Phi) is 9.50. The quantitative estimate of drug-likeness (QED) is 0.245. The first-order valence-corrected chi connectivity index (χ1v) is 11.8. The molecule has 1 aromatic heterocycles. The molecule has 5 heteroatoms. The van der Waals surface area contributed by atoms with Gasteiger partial charge in [0.15, 0.2) is 0 Å². The van der Waals surface area contributed by atoms with E-state index in [-0.39, 0.29) is 5.97 Å². The maximum Gasteiger partial charge on any atom is 0.355 e. The highest BCUT2D eigenvalue weighted by Crippen LogP contribution is 2.22. The number of ether oxygens (including phenoxy) is 1. The summed E-state index contributed by atoms with van der Waals surface area (Å²) in [5, 5.41) is 1.05. The van der Waals surface area contributed by atoms with Gasteiger partial charge in [-0.1, -0.05) is 85.0 Å². The van der Waals surface area contributed by atoms with Crippen LogP contribution in [-0.2, 0) is 11.3 Å². The summed E-state index contributed by atoms with van der Waals surface area (Å²) in [4.78, 5) is 16.9. The molecule has 0 amide bonds. The Morgan fingerprint density at radius 3 is 2.32 bits per heavy atom. The molecular formula is C23H29IN2O2. The van der Waals surface area contributed by atoms with E-state index in [0.717, 1.165) is 36.1 Å². The number of carbonyl (C=O) groups excluding carboxylic acids is 1. The third-order valence-corrected chi connectivity index (χ3v) is 4.74. The SMILES string of the molecule is CCN(CC)CCOC(=O)c1cc2ccccc2n1Cc1ccccc1.CI. The van der Waals surface area contributed by atoms with E-state index in [9.17, 15) is 4.79 Å². The van der Waals surface area contributed by atoms with Gasteiger partial charge in [-0.3, -0.25) is 0 Å². The number of nitrogens with zero attached hydrogens (tertiary/aromatic N) is 2. The van der Waals surface area contributed by atoms with E-state index in [1.807, 2.05) is 58.0 Å². The van der Waals surface area contributed by atoms with Crippen LogP contribution in [0.15, 0.2) is 60.7 Å². The lowest BCUT2D eigenvalue weighted by Gasteiger charge is -2.17. The molecule has 0 spiro atoms. The molecule has 3 rings (SSSR count). The summed E-state index contributed by atoms with van der Waals surface area (Å²) in [6, 6.07) is 20.2. The summed E-state index contributed by atoms with van der Waals surface area (Å²) in [6.07, 6.45) is 0. The highest BCUT2D eigenvalue weighted by molar-refractivity contribution is 14.1. The van der Waals surface area contributed by atoms with E-state index in [1.54, 1.807) is 0 Å². The molecule has 0 radical (unpaired) electrons. The van der Waals surface area contributed by atoms with Crippen molar-refractivity contribution >= 4 is 39.5 Å². The zero-order valence-electron chi connectivity index (χ0n) is 16.9. The van der Waals surface area contributed by atoms with Crippen molar-refractivity contribution in [2.75, 3.05) is 31.2 Å². The van der Waals surface area contributed by atoms with Gasteiger partial charge in [-0.2, -0.15) is 0 Å². The van der Waals surface area contributed by atoms with E-state index in [4.69, 9.17) is 4.74 Å². The van der Waals surface area contributed by atoms with E-state index in [2.05, 4.69) is 53.5 Å². The zero-order chi connectivity index (χ0) is 20.4. The largest absolute Gasteiger partial charge is 0.460 e. The molecule has 0 aliphatic rings. The maximum atomic E-state index is 12.7. The summed E-state index contributed by atoms with van der Waals surface area (Å²) in [7, 11) is 0. The van der Waals surface area contributed by atoms with Crippen LogP contribution in [0.4, 0.5) is 0 Å². The highest BCUT2D eigenvalue weighted by atomic mass is 127. The average molecular weight is 492 g/mol. The van der Waals surface area contributed by atoms with Crippen molar-refractivity contribution in [3.63, 3.8) is 0 Å². The van der Waals surface area contributed by atoms with Gasteiger partial charge >= 0.3 is 5.97 Å². The standard InChI is InChI=1S/C22H26N2O2.CH3I/c1-3-23(4-2)14-15-26-22(25)21-16-19-12-8-9-13-20(19)24(21)17-18-10-6-5-7-11-18;1-2/h5-13,16H,3-4,14-15,17H2,1-2H3;1H3.